The van der Waals surface area contributed by atoms with Crippen LogP contribution >= 0.6 is 23.5 Å². The summed E-state index contributed by atoms with van der Waals surface area (Å²) in [6.45, 7) is 21.2. The van der Waals surface area contributed by atoms with Gasteiger partial charge in [0.15, 0.2) is 80.1 Å². The van der Waals surface area contributed by atoms with Crippen molar-refractivity contribution in [2.45, 2.75) is 203 Å². The largest absolute Gasteiger partial charge is 0.504 e. The van der Waals surface area contributed by atoms with Gasteiger partial charge in [-0.3, -0.25) is 39.3 Å². The molecule has 2 amide bonds. The van der Waals surface area contributed by atoms with Crippen molar-refractivity contribution in [2.75, 3.05) is 86.9 Å². The van der Waals surface area contributed by atoms with Gasteiger partial charge in [-0.1, -0.05) is 32.9 Å². The molecule has 0 aromatic heterocycles. The Morgan fingerprint density at radius 3 is 1.50 bits per heavy atom. The number of methoxy groups -OCH3 is 4. The summed E-state index contributed by atoms with van der Waals surface area (Å²) < 4.78 is 78.9. The van der Waals surface area contributed by atoms with Gasteiger partial charge in [-0.2, -0.15) is 10.5 Å². The number of rotatable bonds is 7. The maximum atomic E-state index is 15.2. The second-order valence-electron chi connectivity index (χ2n) is 35.7. The minimum absolute atomic E-state index is 0.0226. The van der Waals surface area contributed by atoms with Crippen molar-refractivity contribution in [3.8, 4) is 92.6 Å². The van der Waals surface area contributed by atoms with Crippen molar-refractivity contribution in [2.24, 2.45) is 5.41 Å². The molecule has 0 aliphatic carbocycles. The highest BCUT2D eigenvalue weighted by molar-refractivity contribution is 7.99. The Bertz CT molecular complexity index is 5600. The van der Waals surface area contributed by atoms with E-state index in [1.807, 2.05) is 68.5 Å². The lowest BCUT2D eigenvalue weighted by Crippen LogP contribution is -2.71. The molecular weight excluding hydrogens is 1630 g/mol. The van der Waals surface area contributed by atoms with E-state index in [1.165, 1.54) is 65.8 Å². The fraction of sp³-hybridized carbons (Fsp3) is 0.511. The number of aryl methyl sites for hydroxylation is 2. The predicted molar refractivity (Wildman–Crippen MR) is 444 cm³/mol. The standard InChI is InChI=1S/C46H52N4O11S.C44H48N4O12S/c1-21-12-25-13-27-28(17-47)49-29-18-58-44(55)46(26-15-31(56-8)30(52)14-24(26)10-11-48(46)7)19-62-43(35-34(29)42-41(59-20-60-42)22(2)40(35)61-23(3)51)37(49)36(33(25)38(54)39(21)57-9)50(27)32(53)16-45(4,5)6;1-19-11-23-12-25-26(15-45)47-27-16-56-41(52)44(24-14-29(54-7)28(50)13-22(24)9-10-46-44)17-61-40(32-31(27)39-38(57-18-58-39)20(2)37(32)59-21(3)49)34(47)33(30(23)35(51)36(19)55-8)48(25)42(53)60-43(4,5)6/h12,14-15,27-29,36-37,43,52,54H,10-11,13,16,18-20H2,1-9H3;11,13-14,25-27,33-34,40,46,50-51H,9-10,12,16-18H2,1-8H3/t27-,28-,29-,36+,37?,43+,46+;25-,26-,27-,33+,34?,40+,44+/m00/s1. The number of esters is 4. The van der Waals surface area contributed by atoms with E-state index in [1.54, 1.807) is 63.8 Å². The van der Waals surface area contributed by atoms with Crippen LogP contribution in [0.1, 0.15) is 185 Å². The summed E-state index contributed by atoms with van der Waals surface area (Å²) in [6.07, 6.45) is 0.989. The number of hydrogen-bond donors (Lipinski definition) is 5. The fourth-order valence-electron chi connectivity index (χ4n) is 21.6. The van der Waals surface area contributed by atoms with Crippen LogP contribution in [0.3, 0.4) is 0 Å². The molecule has 650 valence electrons. The number of phenols is 4. The Labute approximate surface area is 719 Å². The Hall–Kier alpha value is -10.9. The van der Waals surface area contributed by atoms with Gasteiger partial charge in [0.1, 0.15) is 42.4 Å². The minimum Gasteiger partial charge on any atom is -0.504 e. The van der Waals surface area contributed by atoms with Crippen LogP contribution in [0.15, 0.2) is 36.4 Å². The minimum atomic E-state index is -1.47. The molecule has 33 heteroatoms. The van der Waals surface area contributed by atoms with Gasteiger partial charge in [0.2, 0.25) is 19.5 Å². The van der Waals surface area contributed by atoms with Crippen LogP contribution in [0.25, 0.3) is 0 Å². The number of amides is 2. The molecule has 20 rings (SSSR count). The smallest absolute Gasteiger partial charge is 0.411 e. The summed E-state index contributed by atoms with van der Waals surface area (Å²) in [7, 11) is 7.73. The van der Waals surface area contributed by atoms with Gasteiger partial charge >= 0.3 is 30.0 Å². The second kappa shape index (κ2) is 30.8. The molecule has 6 aromatic carbocycles. The number of fused-ring (bicyclic) bond motifs is 18. The number of piperazine rings is 2. The summed E-state index contributed by atoms with van der Waals surface area (Å²) in [5.41, 5.74) is 5.60. The van der Waals surface area contributed by atoms with E-state index in [-0.39, 0.29) is 121 Å². The molecule has 8 bridgehead atoms. The van der Waals surface area contributed by atoms with Crippen LogP contribution in [-0.2, 0) is 74.9 Å². The maximum Gasteiger partial charge on any atom is 0.411 e. The Kier molecular flexibility index (Phi) is 21.1. The fourth-order valence-corrected chi connectivity index (χ4v) is 25.1. The van der Waals surface area contributed by atoms with Crippen LogP contribution in [0, 0.1) is 55.8 Å². The second-order valence-corrected chi connectivity index (χ2v) is 38.0. The Morgan fingerprint density at radius 2 is 1.03 bits per heavy atom. The number of aromatic hydroxyl groups is 4. The molecule has 123 heavy (non-hydrogen) atoms. The monoisotopic (exact) mass is 1720 g/mol. The van der Waals surface area contributed by atoms with Crippen LogP contribution < -0.4 is 52.7 Å². The van der Waals surface area contributed by atoms with Gasteiger partial charge in [0.25, 0.3) is 0 Å². The number of likely N-dealkylation sites (N-methyl/N-ethyl adjacent to an activating group) is 1. The first-order valence-corrected chi connectivity index (χ1v) is 43.2. The molecular formula is C90H100N8O23S2. The lowest BCUT2D eigenvalue weighted by molar-refractivity contribution is -0.166. The molecule has 14 heterocycles. The molecule has 0 radical (unpaired) electrons. The Morgan fingerprint density at radius 1 is 0.569 bits per heavy atom. The molecule has 5 N–H and O–H groups in total. The highest BCUT2D eigenvalue weighted by Crippen LogP contribution is 2.69. The van der Waals surface area contributed by atoms with E-state index in [0.29, 0.717) is 116 Å². The molecule has 14 aliphatic rings. The van der Waals surface area contributed by atoms with Crippen LogP contribution in [0.2, 0.25) is 0 Å². The van der Waals surface area contributed by atoms with Gasteiger partial charge in [-0.25, -0.2) is 14.4 Å². The highest BCUT2D eigenvalue weighted by Gasteiger charge is 2.67. The summed E-state index contributed by atoms with van der Waals surface area (Å²) >= 11 is 2.77. The van der Waals surface area contributed by atoms with Gasteiger partial charge in [0.05, 0.1) is 99.4 Å². The first kappa shape index (κ1) is 84.3. The average molecular weight is 1730 g/mol. The van der Waals surface area contributed by atoms with Crippen LogP contribution in [-0.4, -0.2) is 210 Å². The van der Waals surface area contributed by atoms with Crippen molar-refractivity contribution >= 4 is 59.4 Å². The number of hydrogen-bond acceptors (Lipinski definition) is 31. The zero-order valence-corrected chi connectivity index (χ0v) is 73.2. The predicted octanol–water partition coefficient (Wildman–Crippen LogP) is 11.0. The molecule has 0 saturated carbocycles. The summed E-state index contributed by atoms with van der Waals surface area (Å²) in [5, 5.41) is 71.2. The lowest BCUT2D eigenvalue weighted by atomic mass is 9.70. The molecule has 4 saturated heterocycles. The van der Waals surface area contributed by atoms with Crippen molar-refractivity contribution < 1.29 is 111 Å². The van der Waals surface area contributed by atoms with E-state index in [4.69, 9.17) is 61.6 Å². The summed E-state index contributed by atoms with van der Waals surface area (Å²) in [5.74, 6) is 0.216. The third kappa shape index (κ3) is 13.0. The van der Waals surface area contributed by atoms with E-state index < -0.39 is 123 Å². The number of ether oxygens (including phenoxy) is 13. The van der Waals surface area contributed by atoms with E-state index >= 15 is 9.59 Å². The molecule has 14 aliphatic heterocycles. The maximum absolute atomic E-state index is 15.2. The van der Waals surface area contributed by atoms with Crippen LogP contribution in [0.5, 0.6) is 80.5 Å². The normalized spacial score (nSPS) is 27.2. The average Bonchev–Trinajstić information content (AvgIpc) is 1.45. The first-order chi connectivity index (χ1) is 58.5. The van der Waals surface area contributed by atoms with Gasteiger partial charge in [-0.15, -0.1) is 23.5 Å². The quantitative estimate of drug-likeness (QED) is 0.0563. The zero-order chi connectivity index (χ0) is 87.8. The number of thioether (sulfide) groups is 2. The third-order valence-corrected chi connectivity index (χ3v) is 29.3. The number of carbonyl (C=O) groups excluding carboxylic acids is 6. The summed E-state index contributed by atoms with van der Waals surface area (Å²) in [6, 6.07) is 6.93. The van der Waals surface area contributed by atoms with E-state index in [0.717, 1.165) is 22.3 Å². The lowest BCUT2D eigenvalue weighted by Gasteiger charge is -2.62. The van der Waals surface area contributed by atoms with E-state index in [9.17, 15) is 50.1 Å². The van der Waals surface area contributed by atoms with Crippen molar-refractivity contribution in [1.29, 1.82) is 10.5 Å². The number of carbonyl (C=O) groups is 6. The topological polar surface area (TPSA) is 379 Å². The number of benzene rings is 6. The molecule has 31 nitrogen and oxygen atoms in total. The van der Waals surface area contributed by atoms with Crippen LogP contribution in [0.4, 0.5) is 4.79 Å². The Balaban J connectivity index is 0.000000175. The molecule has 4 fully saturated rings. The van der Waals surface area contributed by atoms with E-state index in [2.05, 4.69) is 22.4 Å². The third-order valence-electron chi connectivity index (χ3n) is 26.3. The first-order valence-electron chi connectivity index (χ1n) is 41.1. The van der Waals surface area contributed by atoms with Crippen molar-refractivity contribution in [3.05, 3.63) is 125 Å². The molecule has 2 spiro atoms. The van der Waals surface area contributed by atoms with Crippen molar-refractivity contribution in [3.63, 3.8) is 0 Å². The van der Waals surface area contributed by atoms with Crippen molar-refractivity contribution in [1.82, 2.24) is 29.8 Å². The molecule has 14 atom stereocenters. The SMILES string of the molecule is COc1cc2c(cc1O)CCN(C)[C@]21CS[C@@H]2c3c(OC(C)=O)c(C)c4c(c3[C@H](COC1=O)N1C2[C@H]2c3c(cc(C)c(OC)c3O)C[C@@H]([C@@H]1C#N)N2C(=O)CC(C)(C)C)OCO4.COc1cc2c(cc1O)CCN[C@]21CS[C@@H]2c3c(OC(C)=O)c(C)c4c(c3[C@H](COC1=O)N1C2[C@H]2c3c(cc(C)c(OC)c3O)C[C@@H]([C@@H]1C#N)N2C(=O)OC(C)(C)C)OCO4. The molecule has 6 aromatic rings. The summed E-state index contributed by atoms with van der Waals surface area (Å²) in [4.78, 5) is 95.6. The highest BCUT2D eigenvalue weighted by atomic mass is 32.2. The van der Waals surface area contributed by atoms with Gasteiger partial charge in [-0.05, 0) is 155 Å². The van der Waals surface area contributed by atoms with Gasteiger partial charge < -0.3 is 86.9 Å². The zero-order valence-electron chi connectivity index (χ0n) is 71.6. The number of phenolic OH excluding ortho intramolecular Hbond substituents is 4. The molecule has 2 unspecified atom stereocenters. The number of nitrogens with one attached hydrogen (secondary N) is 1. The number of nitrogens with zero attached hydrogens (tertiary/aromatic N) is 7. The number of nitriles is 2. The van der Waals surface area contributed by atoms with Gasteiger partial charge in [0, 0.05) is 89.4 Å².